The lowest BCUT2D eigenvalue weighted by atomic mass is 10.0. The summed E-state index contributed by atoms with van der Waals surface area (Å²) in [5.41, 5.74) is 1.18. The molecular weight excluding hydrogens is 302 g/mol. The fourth-order valence-electron chi connectivity index (χ4n) is 2.68. The van der Waals surface area contributed by atoms with Crippen molar-refractivity contribution in [1.82, 2.24) is 5.16 Å². The summed E-state index contributed by atoms with van der Waals surface area (Å²) in [6.07, 6.45) is 5.58. The zero-order valence-electron chi connectivity index (χ0n) is 12.1. The summed E-state index contributed by atoms with van der Waals surface area (Å²) in [6.45, 7) is 1.03. The number of fused-ring (bicyclic) bond motifs is 1. The first kappa shape index (κ1) is 13.7. The number of rotatable bonds is 4. The monoisotopic (exact) mass is 317 g/mol. The minimum absolute atomic E-state index is 0.0653. The van der Waals surface area contributed by atoms with E-state index in [1.54, 1.807) is 12.1 Å². The predicted molar refractivity (Wildman–Crippen MR) is 81.1 cm³/mol. The minimum atomic E-state index is -0.0653. The van der Waals surface area contributed by atoms with Crippen LogP contribution in [0.3, 0.4) is 0 Å². The molecule has 0 unspecified atom stereocenters. The predicted octanol–water partition coefficient (Wildman–Crippen LogP) is 3.28. The van der Waals surface area contributed by atoms with Crippen LogP contribution in [0.4, 0.5) is 0 Å². The van der Waals surface area contributed by atoms with Gasteiger partial charge in [0.15, 0.2) is 23.0 Å². The van der Waals surface area contributed by atoms with Gasteiger partial charge in [0.05, 0.1) is 16.7 Å². The van der Waals surface area contributed by atoms with E-state index in [-0.39, 0.29) is 5.78 Å². The summed E-state index contributed by atoms with van der Waals surface area (Å²) >= 11 is 1.49. The van der Waals surface area contributed by atoms with Crippen molar-refractivity contribution in [2.45, 2.75) is 23.7 Å². The molecule has 1 fully saturated rings. The third-order valence-corrected chi connectivity index (χ3v) is 4.72. The number of aromatic nitrogens is 1. The molecule has 2 aliphatic rings. The second kappa shape index (κ2) is 5.35. The van der Waals surface area contributed by atoms with Gasteiger partial charge in [0.2, 0.25) is 0 Å². The van der Waals surface area contributed by atoms with Crippen LogP contribution in [0.25, 0.3) is 0 Å². The Hall–Kier alpha value is -1.95. The summed E-state index contributed by atoms with van der Waals surface area (Å²) in [7, 11) is 0. The van der Waals surface area contributed by atoms with E-state index in [0.29, 0.717) is 47.5 Å². The van der Waals surface area contributed by atoms with Crippen molar-refractivity contribution >= 4 is 17.5 Å². The SMILES string of the molecule is CSc1c(C(=O)c2cnoc2C2CC2)ccc2c1OCCO2. The fourth-order valence-corrected chi connectivity index (χ4v) is 3.40. The normalized spacial score (nSPS) is 16.6. The molecule has 2 heterocycles. The van der Waals surface area contributed by atoms with Crippen molar-refractivity contribution in [3.63, 3.8) is 0 Å². The molecule has 5 nitrogen and oxygen atoms in total. The highest BCUT2D eigenvalue weighted by Gasteiger charge is 2.34. The minimum Gasteiger partial charge on any atom is -0.486 e. The van der Waals surface area contributed by atoms with Gasteiger partial charge in [-0.1, -0.05) is 5.16 Å². The third kappa shape index (κ3) is 2.18. The Morgan fingerprint density at radius 3 is 2.82 bits per heavy atom. The van der Waals surface area contributed by atoms with Crippen LogP contribution in [0.5, 0.6) is 11.5 Å². The molecule has 6 heteroatoms. The van der Waals surface area contributed by atoms with Gasteiger partial charge in [0.25, 0.3) is 0 Å². The van der Waals surface area contributed by atoms with Gasteiger partial charge in [-0.3, -0.25) is 4.79 Å². The maximum atomic E-state index is 12.9. The summed E-state index contributed by atoms with van der Waals surface area (Å²) in [6, 6.07) is 3.59. The van der Waals surface area contributed by atoms with Crippen molar-refractivity contribution in [3.8, 4) is 11.5 Å². The highest BCUT2D eigenvalue weighted by molar-refractivity contribution is 7.98. The van der Waals surface area contributed by atoms with E-state index >= 15 is 0 Å². The third-order valence-electron chi connectivity index (χ3n) is 3.90. The molecule has 1 aromatic heterocycles. The Morgan fingerprint density at radius 1 is 1.23 bits per heavy atom. The lowest BCUT2D eigenvalue weighted by Gasteiger charge is -2.21. The Bertz CT molecular complexity index is 736. The smallest absolute Gasteiger partial charge is 0.199 e. The van der Waals surface area contributed by atoms with E-state index in [9.17, 15) is 4.79 Å². The molecule has 0 spiro atoms. The van der Waals surface area contributed by atoms with Crippen LogP contribution in [0.2, 0.25) is 0 Å². The van der Waals surface area contributed by atoms with E-state index < -0.39 is 0 Å². The summed E-state index contributed by atoms with van der Waals surface area (Å²) in [5, 5.41) is 3.81. The molecule has 4 rings (SSSR count). The zero-order valence-corrected chi connectivity index (χ0v) is 12.9. The Labute approximate surface area is 132 Å². The Morgan fingerprint density at radius 2 is 2.05 bits per heavy atom. The Kier molecular flexibility index (Phi) is 3.33. The van der Waals surface area contributed by atoms with Gasteiger partial charge in [0.1, 0.15) is 13.2 Å². The number of ether oxygens (including phenoxy) is 2. The molecule has 0 N–H and O–H groups in total. The molecule has 0 atom stereocenters. The second-order valence-corrected chi connectivity index (χ2v) is 6.19. The topological polar surface area (TPSA) is 61.6 Å². The quantitative estimate of drug-likeness (QED) is 0.637. The number of carbonyl (C=O) groups is 1. The number of ketones is 1. The maximum absolute atomic E-state index is 12.9. The molecule has 22 heavy (non-hydrogen) atoms. The van der Waals surface area contributed by atoms with Crippen LogP contribution in [-0.2, 0) is 0 Å². The molecule has 0 amide bonds. The molecule has 0 radical (unpaired) electrons. The van der Waals surface area contributed by atoms with Gasteiger partial charge in [0, 0.05) is 11.5 Å². The van der Waals surface area contributed by atoms with Gasteiger partial charge < -0.3 is 14.0 Å². The standard InChI is InChI=1S/C16H15NO4S/c1-22-16-10(4-5-12-15(16)20-7-6-19-12)13(18)11-8-17-21-14(11)9-2-3-9/h4-5,8-9H,2-3,6-7H2,1H3. The van der Waals surface area contributed by atoms with Crippen LogP contribution >= 0.6 is 11.8 Å². The molecule has 0 bridgehead atoms. The second-order valence-electron chi connectivity index (χ2n) is 5.38. The van der Waals surface area contributed by atoms with Crippen LogP contribution in [0.1, 0.15) is 40.4 Å². The van der Waals surface area contributed by atoms with E-state index in [2.05, 4.69) is 5.16 Å². The number of carbonyl (C=O) groups excluding carboxylic acids is 1. The van der Waals surface area contributed by atoms with Crippen molar-refractivity contribution < 1.29 is 18.8 Å². The van der Waals surface area contributed by atoms with Crippen molar-refractivity contribution in [2.24, 2.45) is 0 Å². The molecule has 1 aliphatic carbocycles. The van der Waals surface area contributed by atoms with Gasteiger partial charge in [-0.15, -0.1) is 11.8 Å². The van der Waals surface area contributed by atoms with E-state index in [1.165, 1.54) is 18.0 Å². The van der Waals surface area contributed by atoms with Gasteiger partial charge in [-0.25, -0.2) is 0 Å². The first-order chi connectivity index (χ1) is 10.8. The lowest BCUT2D eigenvalue weighted by Crippen LogP contribution is -2.17. The number of hydrogen-bond donors (Lipinski definition) is 0. The van der Waals surface area contributed by atoms with E-state index in [1.807, 2.05) is 6.26 Å². The molecular formula is C16H15NO4S. The number of benzene rings is 1. The largest absolute Gasteiger partial charge is 0.486 e. The van der Waals surface area contributed by atoms with Crippen molar-refractivity contribution in [1.29, 1.82) is 0 Å². The van der Waals surface area contributed by atoms with Gasteiger partial charge in [-0.05, 0) is 31.2 Å². The summed E-state index contributed by atoms with van der Waals surface area (Å²) in [4.78, 5) is 13.7. The fraction of sp³-hybridized carbons (Fsp3) is 0.375. The van der Waals surface area contributed by atoms with Gasteiger partial charge in [-0.2, -0.15) is 0 Å². The molecule has 114 valence electrons. The first-order valence-corrected chi connectivity index (χ1v) is 8.48. The molecule has 1 saturated carbocycles. The van der Waals surface area contributed by atoms with Crippen LogP contribution < -0.4 is 9.47 Å². The molecule has 1 aromatic carbocycles. The molecule has 2 aromatic rings. The Balaban J connectivity index is 1.78. The number of thioether (sulfide) groups is 1. The summed E-state index contributed by atoms with van der Waals surface area (Å²) < 4.78 is 16.6. The molecule has 1 aliphatic heterocycles. The van der Waals surface area contributed by atoms with E-state index in [0.717, 1.165) is 17.7 Å². The highest BCUT2D eigenvalue weighted by atomic mass is 32.2. The number of hydrogen-bond acceptors (Lipinski definition) is 6. The maximum Gasteiger partial charge on any atom is 0.199 e. The average molecular weight is 317 g/mol. The van der Waals surface area contributed by atoms with E-state index in [4.69, 9.17) is 14.0 Å². The van der Waals surface area contributed by atoms with Crippen LogP contribution in [0, 0.1) is 0 Å². The van der Waals surface area contributed by atoms with Crippen LogP contribution in [-0.4, -0.2) is 30.4 Å². The van der Waals surface area contributed by atoms with Crippen LogP contribution in [0.15, 0.2) is 27.7 Å². The summed E-state index contributed by atoms with van der Waals surface area (Å²) in [5.74, 6) is 2.35. The molecule has 0 saturated heterocycles. The number of nitrogens with zero attached hydrogens (tertiary/aromatic N) is 1. The first-order valence-electron chi connectivity index (χ1n) is 7.25. The zero-order chi connectivity index (χ0) is 15.1. The van der Waals surface area contributed by atoms with Crippen molar-refractivity contribution in [3.05, 3.63) is 35.2 Å². The highest BCUT2D eigenvalue weighted by Crippen LogP contribution is 2.44. The lowest BCUT2D eigenvalue weighted by molar-refractivity contribution is 0.103. The van der Waals surface area contributed by atoms with Crippen molar-refractivity contribution in [2.75, 3.05) is 19.5 Å². The van der Waals surface area contributed by atoms with Gasteiger partial charge >= 0.3 is 0 Å². The average Bonchev–Trinajstić information content (AvgIpc) is 3.30.